The van der Waals surface area contributed by atoms with Crippen molar-refractivity contribution in [1.29, 1.82) is 0 Å². The molecule has 0 aliphatic carbocycles. The molecule has 0 bridgehead atoms. The zero-order chi connectivity index (χ0) is 13.1. The molecule has 5 heteroatoms. The average molecular weight is 322 g/mol. The van der Waals surface area contributed by atoms with Gasteiger partial charge in [-0.25, -0.2) is 4.98 Å². The van der Waals surface area contributed by atoms with E-state index in [2.05, 4.69) is 31.1 Å². The Morgan fingerprint density at radius 3 is 2.95 bits per heavy atom. The van der Waals surface area contributed by atoms with Crippen molar-refractivity contribution in [2.24, 2.45) is 0 Å². The molecule has 3 rings (SSSR count). The highest BCUT2D eigenvalue weighted by Gasteiger charge is 2.13. The van der Waals surface area contributed by atoms with Gasteiger partial charge in [-0.15, -0.1) is 0 Å². The van der Waals surface area contributed by atoms with E-state index < -0.39 is 0 Å². The fourth-order valence-corrected chi connectivity index (χ4v) is 2.62. The molecule has 1 aromatic carbocycles. The Labute approximate surface area is 120 Å². The second kappa shape index (κ2) is 5.86. The third-order valence-corrected chi connectivity index (χ3v) is 3.72. The summed E-state index contributed by atoms with van der Waals surface area (Å²) in [6.07, 6.45) is 1.80. The van der Waals surface area contributed by atoms with Crippen molar-refractivity contribution in [1.82, 2.24) is 15.2 Å². The van der Waals surface area contributed by atoms with Crippen molar-refractivity contribution in [2.45, 2.75) is 6.54 Å². The Bertz CT molecular complexity index is 549. The van der Waals surface area contributed by atoms with E-state index >= 15 is 0 Å². The Morgan fingerprint density at radius 1 is 1.32 bits per heavy atom. The first-order chi connectivity index (χ1) is 9.31. The summed E-state index contributed by atoms with van der Waals surface area (Å²) in [7, 11) is 0. The molecule has 1 fully saturated rings. The Balaban J connectivity index is 1.72. The van der Waals surface area contributed by atoms with Crippen molar-refractivity contribution < 1.29 is 4.42 Å². The van der Waals surface area contributed by atoms with Gasteiger partial charge in [-0.05, 0) is 12.1 Å². The number of hydrogen-bond acceptors (Lipinski definition) is 4. The predicted octanol–water partition coefficient (Wildman–Crippen LogP) is 2.51. The first-order valence-electron chi connectivity index (χ1n) is 6.45. The lowest BCUT2D eigenvalue weighted by Crippen LogP contribution is -2.42. The molecule has 0 radical (unpaired) electrons. The van der Waals surface area contributed by atoms with Crippen LogP contribution in [0.2, 0.25) is 0 Å². The normalized spacial score (nSPS) is 16.7. The zero-order valence-corrected chi connectivity index (χ0v) is 12.2. The fraction of sp³-hybridized carbons (Fsp3) is 0.357. The second-order valence-corrected chi connectivity index (χ2v) is 5.57. The van der Waals surface area contributed by atoms with Crippen LogP contribution >= 0.6 is 15.9 Å². The Kier molecular flexibility index (Phi) is 3.96. The van der Waals surface area contributed by atoms with Crippen LogP contribution in [-0.2, 0) is 6.54 Å². The van der Waals surface area contributed by atoms with Gasteiger partial charge in [0.05, 0.1) is 12.7 Å². The van der Waals surface area contributed by atoms with Crippen molar-refractivity contribution in [2.75, 3.05) is 26.2 Å². The quantitative estimate of drug-likeness (QED) is 0.943. The SMILES string of the molecule is Brc1cccc(-c2cnc(CN3CCNCC3)o2)c1. The minimum atomic E-state index is 0.787. The molecule has 0 atom stereocenters. The van der Waals surface area contributed by atoms with Crippen molar-refractivity contribution in [3.8, 4) is 11.3 Å². The van der Waals surface area contributed by atoms with Gasteiger partial charge in [0.25, 0.3) is 0 Å². The van der Waals surface area contributed by atoms with Gasteiger partial charge < -0.3 is 9.73 Å². The first kappa shape index (κ1) is 12.8. The van der Waals surface area contributed by atoms with Crippen LogP contribution < -0.4 is 5.32 Å². The van der Waals surface area contributed by atoms with Crippen LogP contribution in [0.1, 0.15) is 5.89 Å². The molecule has 1 aliphatic rings. The number of nitrogens with one attached hydrogen (secondary N) is 1. The van der Waals surface area contributed by atoms with Gasteiger partial charge in [-0.3, -0.25) is 4.90 Å². The van der Waals surface area contributed by atoms with E-state index in [9.17, 15) is 0 Å². The first-order valence-corrected chi connectivity index (χ1v) is 7.24. The van der Waals surface area contributed by atoms with Gasteiger partial charge in [0, 0.05) is 36.2 Å². The lowest BCUT2D eigenvalue weighted by atomic mass is 10.2. The van der Waals surface area contributed by atoms with Gasteiger partial charge >= 0.3 is 0 Å². The van der Waals surface area contributed by atoms with E-state index in [1.165, 1.54) is 0 Å². The molecule has 1 aliphatic heterocycles. The van der Waals surface area contributed by atoms with Gasteiger partial charge in [-0.2, -0.15) is 0 Å². The number of rotatable bonds is 3. The van der Waals surface area contributed by atoms with Gasteiger partial charge in [0.1, 0.15) is 0 Å². The van der Waals surface area contributed by atoms with Crippen LogP contribution in [0, 0.1) is 0 Å². The third-order valence-electron chi connectivity index (χ3n) is 3.23. The van der Waals surface area contributed by atoms with E-state index in [0.717, 1.165) is 54.4 Å². The number of benzene rings is 1. The van der Waals surface area contributed by atoms with Gasteiger partial charge in [-0.1, -0.05) is 28.1 Å². The largest absolute Gasteiger partial charge is 0.439 e. The van der Waals surface area contributed by atoms with E-state index in [1.54, 1.807) is 6.20 Å². The lowest BCUT2D eigenvalue weighted by molar-refractivity contribution is 0.213. The Morgan fingerprint density at radius 2 is 2.16 bits per heavy atom. The summed E-state index contributed by atoms with van der Waals surface area (Å²) in [6, 6.07) is 8.06. The van der Waals surface area contributed by atoms with E-state index in [0.29, 0.717) is 0 Å². The molecule has 2 heterocycles. The smallest absolute Gasteiger partial charge is 0.209 e. The summed E-state index contributed by atoms with van der Waals surface area (Å²) >= 11 is 3.47. The molecule has 1 N–H and O–H groups in total. The standard InChI is InChI=1S/C14H16BrN3O/c15-12-3-1-2-11(8-12)13-9-17-14(19-13)10-18-6-4-16-5-7-18/h1-3,8-9,16H,4-7,10H2. The van der Waals surface area contributed by atoms with Crippen molar-refractivity contribution in [3.05, 3.63) is 40.8 Å². The predicted molar refractivity (Wildman–Crippen MR) is 77.8 cm³/mol. The molecule has 4 nitrogen and oxygen atoms in total. The van der Waals surface area contributed by atoms with Crippen LogP contribution in [-0.4, -0.2) is 36.1 Å². The molecule has 0 unspecified atom stereocenters. The average Bonchev–Trinajstić information content (AvgIpc) is 2.88. The summed E-state index contributed by atoms with van der Waals surface area (Å²) in [4.78, 5) is 6.73. The highest BCUT2D eigenvalue weighted by Crippen LogP contribution is 2.24. The number of piperazine rings is 1. The van der Waals surface area contributed by atoms with Gasteiger partial charge in [0.2, 0.25) is 5.89 Å². The molecule has 1 aromatic heterocycles. The number of aromatic nitrogens is 1. The summed E-state index contributed by atoms with van der Waals surface area (Å²) in [5.41, 5.74) is 1.05. The topological polar surface area (TPSA) is 41.3 Å². The molecule has 19 heavy (non-hydrogen) atoms. The highest BCUT2D eigenvalue weighted by atomic mass is 79.9. The summed E-state index contributed by atoms with van der Waals surface area (Å²) < 4.78 is 6.88. The molecular weight excluding hydrogens is 306 g/mol. The monoisotopic (exact) mass is 321 g/mol. The summed E-state index contributed by atoms with van der Waals surface area (Å²) in [5, 5.41) is 3.34. The molecular formula is C14H16BrN3O. The van der Waals surface area contributed by atoms with Crippen LogP contribution in [0.25, 0.3) is 11.3 Å². The number of halogens is 1. The van der Waals surface area contributed by atoms with Crippen LogP contribution in [0.4, 0.5) is 0 Å². The van der Waals surface area contributed by atoms with Crippen LogP contribution in [0.3, 0.4) is 0 Å². The highest BCUT2D eigenvalue weighted by molar-refractivity contribution is 9.10. The number of oxazole rings is 1. The van der Waals surface area contributed by atoms with Crippen LogP contribution in [0.5, 0.6) is 0 Å². The lowest BCUT2D eigenvalue weighted by Gasteiger charge is -2.25. The van der Waals surface area contributed by atoms with Crippen LogP contribution in [0.15, 0.2) is 39.4 Å². The molecule has 2 aromatic rings. The maximum absolute atomic E-state index is 5.83. The van der Waals surface area contributed by atoms with Crippen molar-refractivity contribution >= 4 is 15.9 Å². The maximum Gasteiger partial charge on any atom is 0.209 e. The minimum Gasteiger partial charge on any atom is -0.439 e. The summed E-state index contributed by atoms with van der Waals surface area (Å²) in [6.45, 7) is 4.97. The Hall–Kier alpha value is -1.17. The van der Waals surface area contributed by atoms with E-state index in [4.69, 9.17) is 4.42 Å². The molecule has 0 saturated carbocycles. The third kappa shape index (κ3) is 3.23. The molecule has 0 amide bonds. The molecule has 100 valence electrons. The molecule has 0 spiro atoms. The van der Waals surface area contributed by atoms with E-state index in [-0.39, 0.29) is 0 Å². The maximum atomic E-state index is 5.83. The summed E-state index contributed by atoms with van der Waals surface area (Å²) in [5.74, 6) is 1.61. The fourth-order valence-electron chi connectivity index (χ4n) is 2.22. The number of hydrogen-bond donors (Lipinski definition) is 1. The zero-order valence-electron chi connectivity index (χ0n) is 10.6. The van der Waals surface area contributed by atoms with Crippen molar-refractivity contribution in [3.63, 3.8) is 0 Å². The van der Waals surface area contributed by atoms with E-state index in [1.807, 2.05) is 24.3 Å². The van der Waals surface area contributed by atoms with Gasteiger partial charge in [0.15, 0.2) is 5.76 Å². The number of nitrogens with zero attached hydrogens (tertiary/aromatic N) is 2. The molecule has 1 saturated heterocycles. The second-order valence-electron chi connectivity index (χ2n) is 4.65. The minimum absolute atomic E-state index is 0.787.